The first-order chi connectivity index (χ1) is 7.24. The molecule has 1 aromatic rings. The SMILES string of the molecule is CC1OC(=O)Cc2cc3c(cc21)OCO3. The lowest BCUT2D eigenvalue weighted by Gasteiger charge is -2.22. The highest BCUT2D eigenvalue weighted by Gasteiger charge is 2.27. The molecule has 0 amide bonds. The first kappa shape index (κ1) is 8.59. The molecule has 1 unspecified atom stereocenters. The predicted octanol–water partition coefficient (Wildman–Crippen LogP) is 1.58. The fraction of sp³-hybridized carbons (Fsp3) is 0.364. The van der Waals surface area contributed by atoms with Crippen LogP contribution in [-0.4, -0.2) is 12.8 Å². The van der Waals surface area contributed by atoms with Crippen molar-refractivity contribution in [2.45, 2.75) is 19.4 Å². The van der Waals surface area contributed by atoms with E-state index >= 15 is 0 Å². The average molecular weight is 206 g/mol. The van der Waals surface area contributed by atoms with E-state index in [1.165, 1.54) is 0 Å². The van der Waals surface area contributed by atoms with Gasteiger partial charge in [0.15, 0.2) is 11.5 Å². The van der Waals surface area contributed by atoms with Gasteiger partial charge >= 0.3 is 5.97 Å². The van der Waals surface area contributed by atoms with E-state index in [-0.39, 0.29) is 18.9 Å². The van der Waals surface area contributed by atoms with Crippen molar-refractivity contribution in [3.63, 3.8) is 0 Å². The topological polar surface area (TPSA) is 44.8 Å². The minimum Gasteiger partial charge on any atom is -0.458 e. The van der Waals surface area contributed by atoms with Gasteiger partial charge in [0, 0.05) is 0 Å². The Hall–Kier alpha value is -1.71. The summed E-state index contributed by atoms with van der Waals surface area (Å²) in [6, 6.07) is 3.77. The number of hydrogen-bond acceptors (Lipinski definition) is 4. The Labute approximate surface area is 86.7 Å². The lowest BCUT2D eigenvalue weighted by Crippen LogP contribution is -2.19. The van der Waals surface area contributed by atoms with Crippen molar-refractivity contribution in [3.8, 4) is 11.5 Å². The van der Waals surface area contributed by atoms with E-state index < -0.39 is 0 Å². The van der Waals surface area contributed by atoms with Gasteiger partial charge in [-0.1, -0.05) is 0 Å². The van der Waals surface area contributed by atoms with Crippen molar-refractivity contribution >= 4 is 5.97 Å². The van der Waals surface area contributed by atoms with E-state index in [1.54, 1.807) is 0 Å². The first-order valence-electron chi connectivity index (χ1n) is 4.86. The van der Waals surface area contributed by atoms with Crippen LogP contribution in [0, 0.1) is 0 Å². The van der Waals surface area contributed by atoms with E-state index in [4.69, 9.17) is 14.2 Å². The molecule has 1 atom stereocenters. The minimum atomic E-state index is -0.198. The number of carbonyl (C=O) groups excluding carboxylic acids is 1. The summed E-state index contributed by atoms with van der Waals surface area (Å²) in [5, 5.41) is 0. The van der Waals surface area contributed by atoms with E-state index in [2.05, 4.69) is 0 Å². The molecular weight excluding hydrogens is 196 g/mol. The van der Waals surface area contributed by atoms with Gasteiger partial charge in [-0.2, -0.15) is 0 Å². The largest absolute Gasteiger partial charge is 0.458 e. The second kappa shape index (κ2) is 2.89. The zero-order valence-electron chi connectivity index (χ0n) is 8.28. The molecule has 0 saturated carbocycles. The lowest BCUT2D eigenvalue weighted by molar-refractivity contribution is -0.149. The number of ether oxygens (including phenoxy) is 3. The maximum atomic E-state index is 11.2. The van der Waals surface area contributed by atoms with Gasteiger partial charge in [0.05, 0.1) is 6.42 Å². The van der Waals surface area contributed by atoms with Crippen molar-refractivity contribution in [2.24, 2.45) is 0 Å². The number of fused-ring (bicyclic) bond motifs is 2. The van der Waals surface area contributed by atoms with Crippen LogP contribution in [0.25, 0.3) is 0 Å². The van der Waals surface area contributed by atoms with Gasteiger partial charge in [-0.05, 0) is 30.2 Å². The summed E-state index contributed by atoms with van der Waals surface area (Å²) in [6.07, 6.45) is 0.117. The average Bonchev–Trinajstić information content (AvgIpc) is 2.61. The second-order valence-corrected chi connectivity index (χ2v) is 3.71. The molecule has 15 heavy (non-hydrogen) atoms. The van der Waals surface area contributed by atoms with Crippen LogP contribution >= 0.6 is 0 Å². The smallest absolute Gasteiger partial charge is 0.310 e. The van der Waals surface area contributed by atoms with Gasteiger partial charge in [-0.3, -0.25) is 4.79 Å². The van der Waals surface area contributed by atoms with Crippen LogP contribution in [0.5, 0.6) is 11.5 Å². The number of hydrogen-bond donors (Lipinski definition) is 0. The molecule has 78 valence electrons. The summed E-state index contributed by atoms with van der Waals surface area (Å²) in [6.45, 7) is 2.11. The van der Waals surface area contributed by atoms with Crippen molar-refractivity contribution in [1.82, 2.24) is 0 Å². The number of carbonyl (C=O) groups is 1. The highest BCUT2D eigenvalue weighted by molar-refractivity contribution is 5.76. The zero-order chi connectivity index (χ0) is 10.4. The predicted molar refractivity (Wildman–Crippen MR) is 50.8 cm³/mol. The highest BCUT2D eigenvalue weighted by atomic mass is 16.7. The Kier molecular flexibility index (Phi) is 1.65. The lowest BCUT2D eigenvalue weighted by atomic mass is 9.97. The van der Waals surface area contributed by atoms with Crippen LogP contribution in [0.2, 0.25) is 0 Å². The van der Waals surface area contributed by atoms with E-state index in [0.29, 0.717) is 6.42 Å². The van der Waals surface area contributed by atoms with Crippen LogP contribution in [0.1, 0.15) is 24.2 Å². The molecule has 0 bridgehead atoms. The molecule has 1 aromatic carbocycles. The zero-order valence-corrected chi connectivity index (χ0v) is 8.28. The van der Waals surface area contributed by atoms with Crippen LogP contribution < -0.4 is 9.47 Å². The molecule has 4 heteroatoms. The summed E-state index contributed by atoms with van der Waals surface area (Å²) in [7, 11) is 0. The van der Waals surface area contributed by atoms with Gasteiger partial charge in [-0.15, -0.1) is 0 Å². The molecule has 2 aliphatic rings. The molecular formula is C11H10O4. The Balaban J connectivity index is 2.13. The first-order valence-corrected chi connectivity index (χ1v) is 4.86. The molecule has 0 aromatic heterocycles. The van der Waals surface area contributed by atoms with Gasteiger partial charge in [0.25, 0.3) is 0 Å². The fourth-order valence-corrected chi connectivity index (χ4v) is 1.99. The molecule has 0 radical (unpaired) electrons. The molecule has 2 aliphatic heterocycles. The number of esters is 1. The Morgan fingerprint density at radius 2 is 2.00 bits per heavy atom. The summed E-state index contributed by atoms with van der Waals surface area (Å²) in [5.41, 5.74) is 1.99. The third-order valence-electron chi connectivity index (χ3n) is 2.72. The van der Waals surface area contributed by atoms with E-state index in [0.717, 1.165) is 22.6 Å². The van der Waals surface area contributed by atoms with Crippen LogP contribution in [0.15, 0.2) is 12.1 Å². The van der Waals surface area contributed by atoms with Gasteiger partial charge in [-0.25, -0.2) is 0 Å². The molecule has 0 N–H and O–H groups in total. The number of benzene rings is 1. The highest BCUT2D eigenvalue weighted by Crippen LogP contribution is 2.39. The Bertz CT molecular complexity index is 438. The molecule has 0 saturated heterocycles. The van der Waals surface area contributed by atoms with Crippen molar-refractivity contribution in [3.05, 3.63) is 23.3 Å². The Morgan fingerprint density at radius 1 is 1.27 bits per heavy atom. The van der Waals surface area contributed by atoms with Gasteiger partial charge < -0.3 is 14.2 Å². The number of rotatable bonds is 0. The second-order valence-electron chi connectivity index (χ2n) is 3.71. The maximum Gasteiger partial charge on any atom is 0.310 e. The fourth-order valence-electron chi connectivity index (χ4n) is 1.99. The summed E-state index contributed by atoms with van der Waals surface area (Å²) in [4.78, 5) is 11.2. The molecule has 0 fully saturated rings. The summed E-state index contributed by atoms with van der Waals surface area (Å²) >= 11 is 0. The van der Waals surface area contributed by atoms with Crippen LogP contribution in [0.3, 0.4) is 0 Å². The molecule has 0 spiro atoms. The number of cyclic esters (lactones) is 1. The maximum absolute atomic E-state index is 11.2. The third kappa shape index (κ3) is 1.25. The van der Waals surface area contributed by atoms with Crippen molar-refractivity contribution < 1.29 is 19.0 Å². The molecule has 3 rings (SSSR count). The summed E-state index contributed by atoms with van der Waals surface area (Å²) in [5.74, 6) is 1.27. The van der Waals surface area contributed by atoms with Crippen LogP contribution in [0.4, 0.5) is 0 Å². The quantitative estimate of drug-likeness (QED) is 0.604. The minimum absolute atomic E-state index is 0.186. The van der Waals surface area contributed by atoms with Crippen molar-refractivity contribution in [1.29, 1.82) is 0 Å². The van der Waals surface area contributed by atoms with Crippen molar-refractivity contribution in [2.75, 3.05) is 6.79 Å². The van der Waals surface area contributed by atoms with Crippen LogP contribution in [-0.2, 0) is 16.0 Å². The Morgan fingerprint density at radius 3 is 2.80 bits per heavy atom. The molecule has 2 heterocycles. The molecule has 4 nitrogen and oxygen atoms in total. The normalized spacial score (nSPS) is 22.2. The van der Waals surface area contributed by atoms with Gasteiger partial charge in [0.2, 0.25) is 6.79 Å². The van der Waals surface area contributed by atoms with E-state index in [1.807, 2.05) is 19.1 Å². The van der Waals surface area contributed by atoms with E-state index in [9.17, 15) is 4.79 Å². The standard InChI is InChI=1S/C11H10O4/c1-6-8-4-10-9(13-5-14-10)2-7(8)3-11(12)15-6/h2,4,6H,3,5H2,1H3. The summed E-state index contributed by atoms with van der Waals surface area (Å²) < 4.78 is 15.7. The third-order valence-corrected chi connectivity index (χ3v) is 2.72. The molecule has 0 aliphatic carbocycles. The van der Waals surface area contributed by atoms with Gasteiger partial charge in [0.1, 0.15) is 6.10 Å². The monoisotopic (exact) mass is 206 g/mol.